The van der Waals surface area contributed by atoms with E-state index < -0.39 is 0 Å². The van der Waals surface area contributed by atoms with Crippen LogP contribution in [0.2, 0.25) is 5.02 Å². The van der Waals surface area contributed by atoms with Gasteiger partial charge in [-0.05, 0) is 42.5 Å². The van der Waals surface area contributed by atoms with Gasteiger partial charge in [-0.3, -0.25) is 0 Å². The maximum Gasteiger partial charge on any atom is 0.138 e. The fourth-order valence-corrected chi connectivity index (χ4v) is 2.23. The highest BCUT2D eigenvalue weighted by molar-refractivity contribution is 7.99. The van der Waals surface area contributed by atoms with E-state index in [1.54, 1.807) is 23.9 Å². The van der Waals surface area contributed by atoms with Gasteiger partial charge in [-0.25, -0.2) is 0 Å². The second kappa shape index (κ2) is 4.68. The summed E-state index contributed by atoms with van der Waals surface area (Å²) < 4.78 is 0. The zero-order chi connectivity index (χ0) is 11.5. The lowest BCUT2D eigenvalue weighted by Crippen LogP contribution is -1.85. The van der Waals surface area contributed by atoms with Crippen molar-refractivity contribution in [3.63, 3.8) is 0 Å². The van der Waals surface area contributed by atoms with Gasteiger partial charge in [0.15, 0.2) is 0 Å². The molecule has 2 rings (SSSR count). The van der Waals surface area contributed by atoms with Crippen LogP contribution in [0.1, 0.15) is 0 Å². The summed E-state index contributed by atoms with van der Waals surface area (Å²) in [6.45, 7) is 0. The van der Waals surface area contributed by atoms with Gasteiger partial charge in [0.25, 0.3) is 0 Å². The Morgan fingerprint density at radius 2 is 1.62 bits per heavy atom. The number of nitrogens with two attached hydrogens (primary N) is 1. The van der Waals surface area contributed by atoms with E-state index in [9.17, 15) is 5.11 Å². The van der Waals surface area contributed by atoms with Crippen LogP contribution >= 0.6 is 23.4 Å². The van der Waals surface area contributed by atoms with Crippen LogP contribution in [0.25, 0.3) is 0 Å². The average molecular weight is 252 g/mol. The Labute approximate surface area is 103 Å². The van der Waals surface area contributed by atoms with Crippen molar-refractivity contribution in [2.45, 2.75) is 9.79 Å². The van der Waals surface area contributed by atoms with Gasteiger partial charge >= 0.3 is 0 Å². The summed E-state index contributed by atoms with van der Waals surface area (Å²) in [7, 11) is 0. The molecule has 0 bridgehead atoms. The SMILES string of the molecule is Nc1cc(Sc2ccc(Cl)cc2)ccc1O. The molecule has 0 atom stereocenters. The first-order valence-corrected chi connectivity index (χ1v) is 5.86. The van der Waals surface area contributed by atoms with E-state index in [1.807, 2.05) is 30.3 Å². The Bertz CT molecular complexity index is 499. The van der Waals surface area contributed by atoms with E-state index in [-0.39, 0.29) is 5.75 Å². The van der Waals surface area contributed by atoms with Gasteiger partial charge in [0.2, 0.25) is 0 Å². The number of phenolic OH excluding ortho intramolecular Hbond substituents is 1. The third-order valence-corrected chi connectivity index (χ3v) is 3.30. The zero-order valence-corrected chi connectivity index (χ0v) is 9.92. The van der Waals surface area contributed by atoms with Crippen LogP contribution < -0.4 is 5.73 Å². The van der Waals surface area contributed by atoms with Crippen molar-refractivity contribution in [3.05, 3.63) is 47.5 Å². The van der Waals surface area contributed by atoms with E-state index >= 15 is 0 Å². The first-order chi connectivity index (χ1) is 7.65. The molecule has 2 aromatic carbocycles. The fraction of sp³-hybridized carbons (Fsp3) is 0. The van der Waals surface area contributed by atoms with Crippen molar-refractivity contribution in [3.8, 4) is 5.75 Å². The third kappa shape index (κ3) is 2.62. The molecule has 0 aliphatic rings. The summed E-state index contributed by atoms with van der Waals surface area (Å²) in [5.41, 5.74) is 6.00. The largest absolute Gasteiger partial charge is 0.506 e. The maximum atomic E-state index is 9.29. The van der Waals surface area contributed by atoms with Gasteiger partial charge in [0, 0.05) is 14.8 Å². The molecule has 0 amide bonds. The molecular formula is C12H10ClNOS. The lowest BCUT2D eigenvalue weighted by molar-refractivity contribution is 0.477. The molecule has 0 spiro atoms. The Morgan fingerprint density at radius 1 is 1.00 bits per heavy atom. The predicted octanol–water partition coefficient (Wildman–Crippen LogP) is 3.78. The van der Waals surface area contributed by atoms with Crippen molar-refractivity contribution in [2.75, 3.05) is 5.73 Å². The van der Waals surface area contributed by atoms with E-state index in [0.717, 1.165) is 14.8 Å². The molecule has 0 saturated carbocycles. The number of hydrogen-bond donors (Lipinski definition) is 2. The molecule has 82 valence electrons. The molecular weight excluding hydrogens is 242 g/mol. The maximum absolute atomic E-state index is 9.29. The number of aromatic hydroxyl groups is 1. The molecule has 0 heterocycles. The monoisotopic (exact) mass is 251 g/mol. The molecule has 0 fully saturated rings. The summed E-state index contributed by atoms with van der Waals surface area (Å²) >= 11 is 7.37. The summed E-state index contributed by atoms with van der Waals surface area (Å²) in [5, 5.41) is 10.0. The van der Waals surface area contributed by atoms with Gasteiger partial charge < -0.3 is 10.8 Å². The molecule has 16 heavy (non-hydrogen) atoms. The first-order valence-electron chi connectivity index (χ1n) is 4.67. The number of nitrogen functional groups attached to an aromatic ring is 1. The number of hydrogen-bond acceptors (Lipinski definition) is 3. The van der Waals surface area contributed by atoms with Gasteiger partial charge in [-0.1, -0.05) is 23.4 Å². The number of phenols is 1. The molecule has 0 aliphatic carbocycles. The Balaban J connectivity index is 2.20. The van der Waals surface area contributed by atoms with Crippen LogP contribution in [0.15, 0.2) is 52.3 Å². The van der Waals surface area contributed by atoms with Crippen molar-refractivity contribution in [1.82, 2.24) is 0 Å². The number of anilines is 1. The zero-order valence-electron chi connectivity index (χ0n) is 8.35. The van der Waals surface area contributed by atoms with Crippen molar-refractivity contribution in [2.24, 2.45) is 0 Å². The normalized spacial score (nSPS) is 10.3. The fourth-order valence-electron chi connectivity index (χ4n) is 1.23. The van der Waals surface area contributed by atoms with E-state index in [4.69, 9.17) is 17.3 Å². The average Bonchev–Trinajstić information content (AvgIpc) is 2.27. The highest BCUT2D eigenvalue weighted by atomic mass is 35.5. The number of rotatable bonds is 2. The van der Waals surface area contributed by atoms with Crippen LogP contribution in [0.4, 0.5) is 5.69 Å². The Hall–Kier alpha value is -1.32. The summed E-state index contributed by atoms with van der Waals surface area (Å²) in [6, 6.07) is 12.7. The smallest absolute Gasteiger partial charge is 0.138 e. The van der Waals surface area contributed by atoms with Crippen LogP contribution in [0.5, 0.6) is 5.75 Å². The molecule has 0 saturated heterocycles. The van der Waals surface area contributed by atoms with Crippen LogP contribution in [-0.2, 0) is 0 Å². The number of benzene rings is 2. The Morgan fingerprint density at radius 3 is 2.25 bits per heavy atom. The van der Waals surface area contributed by atoms with Crippen molar-refractivity contribution in [1.29, 1.82) is 0 Å². The molecule has 3 N–H and O–H groups in total. The van der Waals surface area contributed by atoms with Crippen LogP contribution in [-0.4, -0.2) is 5.11 Å². The molecule has 0 aromatic heterocycles. The minimum atomic E-state index is 0.112. The standard InChI is InChI=1S/C12H10ClNOS/c13-8-1-3-9(4-2-8)16-10-5-6-12(15)11(14)7-10/h1-7,15H,14H2. The molecule has 4 heteroatoms. The summed E-state index contributed by atoms with van der Waals surface area (Å²) in [4.78, 5) is 2.06. The molecule has 0 aliphatic heterocycles. The Kier molecular flexibility index (Phi) is 3.27. The van der Waals surface area contributed by atoms with Crippen LogP contribution in [0, 0.1) is 0 Å². The first kappa shape index (κ1) is 11.2. The second-order valence-corrected chi connectivity index (χ2v) is 4.86. The third-order valence-electron chi connectivity index (χ3n) is 2.05. The van der Waals surface area contributed by atoms with Crippen molar-refractivity contribution < 1.29 is 5.11 Å². The molecule has 2 nitrogen and oxygen atoms in total. The molecule has 2 aromatic rings. The highest BCUT2D eigenvalue weighted by Crippen LogP contribution is 2.32. The predicted molar refractivity (Wildman–Crippen MR) is 68.1 cm³/mol. The van der Waals surface area contributed by atoms with Gasteiger partial charge in [-0.2, -0.15) is 0 Å². The topological polar surface area (TPSA) is 46.2 Å². The molecule has 0 unspecified atom stereocenters. The van der Waals surface area contributed by atoms with Gasteiger partial charge in [0.05, 0.1) is 5.69 Å². The van der Waals surface area contributed by atoms with Gasteiger partial charge in [-0.15, -0.1) is 0 Å². The van der Waals surface area contributed by atoms with Crippen LogP contribution in [0.3, 0.4) is 0 Å². The second-order valence-electron chi connectivity index (χ2n) is 3.28. The van der Waals surface area contributed by atoms with E-state index in [0.29, 0.717) is 5.69 Å². The van der Waals surface area contributed by atoms with Crippen molar-refractivity contribution >= 4 is 29.1 Å². The summed E-state index contributed by atoms with van der Waals surface area (Å²) in [6.07, 6.45) is 0. The molecule has 0 radical (unpaired) electrons. The highest BCUT2D eigenvalue weighted by Gasteiger charge is 2.01. The lowest BCUT2D eigenvalue weighted by Gasteiger charge is -2.04. The quantitative estimate of drug-likeness (QED) is 0.631. The number of halogens is 1. The lowest BCUT2D eigenvalue weighted by atomic mass is 10.3. The minimum absolute atomic E-state index is 0.112. The van der Waals surface area contributed by atoms with E-state index in [1.165, 1.54) is 0 Å². The van der Waals surface area contributed by atoms with Gasteiger partial charge in [0.1, 0.15) is 5.75 Å². The minimum Gasteiger partial charge on any atom is -0.506 e. The summed E-state index contributed by atoms with van der Waals surface area (Å²) in [5.74, 6) is 0.112. The van der Waals surface area contributed by atoms with E-state index in [2.05, 4.69) is 0 Å².